The number of halogens is 1. The molecule has 1 aliphatic rings. The van der Waals surface area contributed by atoms with Gasteiger partial charge in [-0.15, -0.1) is 0 Å². The Labute approximate surface area is 118 Å². The van der Waals surface area contributed by atoms with Crippen LogP contribution in [-0.4, -0.2) is 17.5 Å². The number of nitriles is 1. The van der Waals surface area contributed by atoms with Crippen LogP contribution in [0.15, 0.2) is 18.2 Å². The number of hydrogen-bond acceptors (Lipinski definition) is 3. The molecule has 1 fully saturated rings. The van der Waals surface area contributed by atoms with Crippen LogP contribution in [-0.2, 0) is 0 Å². The quantitative estimate of drug-likeness (QED) is 0.897. The van der Waals surface area contributed by atoms with Crippen LogP contribution in [0.4, 0.5) is 5.69 Å². The zero-order valence-corrected chi connectivity index (χ0v) is 12.0. The maximum absolute atomic E-state index is 9.13. The molecule has 0 spiro atoms. The molecule has 0 saturated heterocycles. The number of anilines is 1. The van der Waals surface area contributed by atoms with Gasteiger partial charge in [-0.1, -0.05) is 17.7 Å². The standard InChI is InChI=1S/C14H17ClN2S/c1-18-11-7-5-10(6-8-11)17-14-4-2-3-13(15)12(14)9-16/h2-4,10-11,17H,5-8H2,1H3. The van der Waals surface area contributed by atoms with Crippen molar-refractivity contribution in [2.45, 2.75) is 37.0 Å². The van der Waals surface area contributed by atoms with Crippen LogP contribution in [0, 0.1) is 11.3 Å². The van der Waals surface area contributed by atoms with Crippen LogP contribution in [0.1, 0.15) is 31.2 Å². The molecule has 1 aromatic carbocycles. The second-order valence-electron chi connectivity index (χ2n) is 4.63. The van der Waals surface area contributed by atoms with Crippen LogP contribution in [0.5, 0.6) is 0 Å². The first-order valence-electron chi connectivity index (χ1n) is 6.22. The van der Waals surface area contributed by atoms with Crippen LogP contribution in [0.25, 0.3) is 0 Å². The summed E-state index contributed by atoms with van der Waals surface area (Å²) in [4.78, 5) is 0. The highest BCUT2D eigenvalue weighted by Gasteiger charge is 2.21. The van der Waals surface area contributed by atoms with Gasteiger partial charge in [0.05, 0.1) is 16.3 Å². The molecule has 1 aromatic rings. The van der Waals surface area contributed by atoms with E-state index in [-0.39, 0.29) is 0 Å². The molecule has 0 aromatic heterocycles. The summed E-state index contributed by atoms with van der Waals surface area (Å²) in [7, 11) is 0. The molecule has 0 aliphatic heterocycles. The Morgan fingerprint density at radius 2 is 2.06 bits per heavy atom. The molecule has 0 amide bonds. The predicted octanol–water partition coefficient (Wildman–Crippen LogP) is 4.30. The van der Waals surface area contributed by atoms with Crippen molar-refractivity contribution in [1.82, 2.24) is 0 Å². The molecular formula is C14H17ClN2S. The zero-order chi connectivity index (χ0) is 13.0. The molecular weight excluding hydrogens is 264 g/mol. The number of benzene rings is 1. The van der Waals surface area contributed by atoms with E-state index in [9.17, 15) is 0 Å². The summed E-state index contributed by atoms with van der Waals surface area (Å²) in [5.74, 6) is 0. The van der Waals surface area contributed by atoms with Gasteiger partial charge < -0.3 is 5.32 Å². The van der Waals surface area contributed by atoms with E-state index < -0.39 is 0 Å². The van der Waals surface area contributed by atoms with E-state index in [0.29, 0.717) is 16.6 Å². The highest BCUT2D eigenvalue weighted by Crippen LogP contribution is 2.30. The van der Waals surface area contributed by atoms with Crippen LogP contribution < -0.4 is 5.32 Å². The Morgan fingerprint density at radius 1 is 1.33 bits per heavy atom. The van der Waals surface area contributed by atoms with Crippen molar-refractivity contribution >= 4 is 29.1 Å². The van der Waals surface area contributed by atoms with Crippen LogP contribution in [0.3, 0.4) is 0 Å². The Hall–Kier alpha value is -0.850. The SMILES string of the molecule is CSC1CCC(Nc2cccc(Cl)c2C#N)CC1. The molecule has 1 N–H and O–H groups in total. The van der Waals surface area contributed by atoms with Gasteiger partial charge in [0, 0.05) is 11.3 Å². The molecule has 0 radical (unpaired) electrons. The third-order valence-electron chi connectivity index (χ3n) is 3.49. The van der Waals surface area contributed by atoms with Gasteiger partial charge in [-0.3, -0.25) is 0 Å². The zero-order valence-electron chi connectivity index (χ0n) is 10.4. The summed E-state index contributed by atoms with van der Waals surface area (Å²) in [5.41, 5.74) is 1.43. The lowest BCUT2D eigenvalue weighted by Crippen LogP contribution is -2.27. The van der Waals surface area contributed by atoms with Gasteiger partial charge in [-0.25, -0.2) is 0 Å². The summed E-state index contributed by atoms with van der Waals surface area (Å²) in [5, 5.41) is 13.9. The number of rotatable bonds is 3. The summed E-state index contributed by atoms with van der Waals surface area (Å²) >= 11 is 7.99. The topological polar surface area (TPSA) is 35.8 Å². The molecule has 0 heterocycles. The second-order valence-corrected chi connectivity index (χ2v) is 6.17. The fraction of sp³-hybridized carbons (Fsp3) is 0.500. The predicted molar refractivity (Wildman–Crippen MR) is 79.3 cm³/mol. The summed E-state index contributed by atoms with van der Waals surface area (Å²) < 4.78 is 0. The Balaban J connectivity index is 2.03. The van der Waals surface area contributed by atoms with E-state index in [1.54, 1.807) is 6.07 Å². The van der Waals surface area contributed by atoms with Gasteiger partial charge in [0.15, 0.2) is 0 Å². The van der Waals surface area contributed by atoms with Gasteiger partial charge in [0.25, 0.3) is 0 Å². The molecule has 2 rings (SSSR count). The molecule has 18 heavy (non-hydrogen) atoms. The van der Waals surface area contributed by atoms with Crippen molar-refractivity contribution in [3.8, 4) is 6.07 Å². The average Bonchev–Trinajstić information content (AvgIpc) is 2.40. The molecule has 96 valence electrons. The first kappa shape index (κ1) is 13.6. The molecule has 1 aliphatic carbocycles. The Morgan fingerprint density at radius 3 is 2.67 bits per heavy atom. The summed E-state index contributed by atoms with van der Waals surface area (Å²) in [6.07, 6.45) is 7.03. The minimum absolute atomic E-state index is 0.471. The van der Waals surface area contributed by atoms with Crippen molar-refractivity contribution in [3.05, 3.63) is 28.8 Å². The highest BCUT2D eigenvalue weighted by molar-refractivity contribution is 7.99. The fourth-order valence-corrected chi connectivity index (χ4v) is 3.38. The normalized spacial score (nSPS) is 23.4. The third-order valence-corrected chi connectivity index (χ3v) is 4.95. The number of nitrogens with zero attached hydrogens (tertiary/aromatic N) is 1. The average molecular weight is 281 g/mol. The number of thioether (sulfide) groups is 1. The number of hydrogen-bond donors (Lipinski definition) is 1. The molecule has 0 bridgehead atoms. The second kappa shape index (κ2) is 6.36. The number of nitrogens with one attached hydrogen (secondary N) is 1. The van der Waals surface area contributed by atoms with E-state index in [4.69, 9.17) is 16.9 Å². The van der Waals surface area contributed by atoms with Crippen molar-refractivity contribution in [2.24, 2.45) is 0 Å². The lowest BCUT2D eigenvalue weighted by atomic mass is 9.94. The summed E-state index contributed by atoms with van der Waals surface area (Å²) in [6.45, 7) is 0. The van der Waals surface area contributed by atoms with Gasteiger partial charge in [-0.05, 0) is 44.1 Å². The van der Waals surface area contributed by atoms with Crippen LogP contribution >= 0.6 is 23.4 Å². The minimum Gasteiger partial charge on any atom is -0.381 e. The molecule has 0 atom stereocenters. The molecule has 4 heteroatoms. The van der Waals surface area contributed by atoms with Crippen LogP contribution in [0.2, 0.25) is 5.02 Å². The highest BCUT2D eigenvalue weighted by atomic mass is 35.5. The molecule has 2 nitrogen and oxygen atoms in total. The van der Waals surface area contributed by atoms with E-state index in [0.717, 1.165) is 10.9 Å². The van der Waals surface area contributed by atoms with Gasteiger partial charge >= 0.3 is 0 Å². The Kier molecular flexibility index (Phi) is 4.79. The van der Waals surface area contributed by atoms with Crippen molar-refractivity contribution in [1.29, 1.82) is 5.26 Å². The van der Waals surface area contributed by atoms with E-state index in [1.807, 2.05) is 23.9 Å². The monoisotopic (exact) mass is 280 g/mol. The van der Waals surface area contributed by atoms with Gasteiger partial charge in [0.1, 0.15) is 6.07 Å². The minimum atomic E-state index is 0.471. The smallest absolute Gasteiger partial charge is 0.103 e. The van der Waals surface area contributed by atoms with E-state index in [2.05, 4.69) is 17.6 Å². The Bertz CT molecular complexity index is 448. The van der Waals surface area contributed by atoms with E-state index in [1.165, 1.54) is 25.7 Å². The van der Waals surface area contributed by atoms with E-state index >= 15 is 0 Å². The largest absolute Gasteiger partial charge is 0.381 e. The van der Waals surface area contributed by atoms with Crippen molar-refractivity contribution < 1.29 is 0 Å². The third kappa shape index (κ3) is 3.13. The maximum atomic E-state index is 9.13. The molecule has 1 saturated carbocycles. The maximum Gasteiger partial charge on any atom is 0.103 e. The van der Waals surface area contributed by atoms with Crippen molar-refractivity contribution in [3.63, 3.8) is 0 Å². The lowest BCUT2D eigenvalue weighted by Gasteiger charge is -2.29. The van der Waals surface area contributed by atoms with Gasteiger partial charge in [0.2, 0.25) is 0 Å². The first-order chi connectivity index (χ1) is 8.74. The molecule has 0 unspecified atom stereocenters. The lowest BCUT2D eigenvalue weighted by molar-refractivity contribution is 0.473. The van der Waals surface area contributed by atoms with Gasteiger partial charge in [-0.2, -0.15) is 17.0 Å². The first-order valence-corrected chi connectivity index (χ1v) is 7.89. The fourth-order valence-electron chi connectivity index (χ4n) is 2.42. The van der Waals surface area contributed by atoms with Crippen molar-refractivity contribution in [2.75, 3.05) is 11.6 Å². The summed E-state index contributed by atoms with van der Waals surface area (Å²) in [6, 6.07) is 8.23.